The van der Waals surface area contributed by atoms with Gasteiger partial charge in [0.15, 0.2) is 0 Å². The van der Waals surface area contributed by atoms with Gasteiger partial charge in [0.1, 0.15) is 6.04 Å². The van der Waals surface area contributed by atoms with Gasteiger partial charge in [-0.3, -0.25) is 13.9 Å². The summed E-state index contributed by atoms with van der Waals surface area (Å²) in [6.45, 7) is 0.410. The molecule has 1 rings (SSSR count). The highest BCUT2D eigenvalue weighted by molar-refractivity contribution is 7.86. The SMILES string of the molecule is COC(=O)C1CCC(OS(C)(=O)=O)CN1C. The van der Waals surface area contributed by atoms with Gasteiger partial charge >= 0.3 is 5.97 Å². The highest BCUT2D eigenvalue weighted by atomic mass is 32.2. The van der Waals surface area contributed by atoms with Crippen molar-refractivity contribution in [2.45, 2.75) is 25.0 Å². The number of hydrogen-bond acceptors (Lipinski definition) is 6. The molecule has 1 fully saturated rings. The standard InChI is InChI=1S/C9H17NO5S/c1-10-6-7(15-16(3,12)13)4-5-8(10)9(11)14-2/h7-8H,4-6H2,1-3H3. The van der Waals surface area contributed by atoms with E-state index in [4.69, 9.17) is 4.18 Å². The molecule has 1 saturated heterocycles. The first kappa shape index (κ1) is 13.4. The van der Waals surface area contributed by atoms with Gasteiger partial charge in [0, 0.05) is 6.54 Å². The molecule has 0 aliphatic carbocycles. The Morgan fingerprint density at radius 3 is 2.44 bits per heavy atom. The van der Waals surface area contributed by atoms with Crippen LogP contribution in [0.3, 0.4) is 0 Å². The number of ether oxygens (including phenoxy) is 1. The van der Waals surface area contributed by atoms with E-state index in [1.165, 1.54) is 7.11 Å². The Hall–Kier alpha value is -0.660. The number of likely N-dealkylation sites (N-methyl/N-ethyl adjacent to an activating group) is 1. The molecule has 7 heteroatoms. The van der Waals surface area contributed by atoms with Crippen LogP contribution >= 0.6 is 0 Å². The zero-order valence-corrected chi connectivity index (χ0v) is 10.5. The van der Waals surface area contributed by atoms with Gasteiger partial charge in [-0.2, -0.15) is 8.42 Å². The molecule has 1 aliphatic rings. The molecule has 6 nitrogen and oxygen atoms in total. The van der Waals surface area contributed by atoms with Crippen LogP contribution in [0.25, 0.3) is 0 Å². The molecule has 2 atom stereocenters. The number of nitrogens with zero attached hydrogens (tertiary/aromatic N) is 1. The van der Waals surface area contributed by atoms with Gasteiger partial charge in [-0.05, 0) is 19.9 Å². The normalized spacial score (nSPS) is 27.7. The third-order valence-electron chi connectivity index (χ3n) is 2.57. The largest absolute Gasteiger partial charge is 0.468 e. The summed E-state index contributed by atoms with van der Waals surface area (Å²) >= 11 is 0. The maximum absolute atomic E-state index is 11.3. The monoisotopic (exact) mass is 251 g/mol. The fraction of sp³-hybridized carbons (Fsp3) is 0.889. The number of piperidine rings is 1. The van der Waals surface area contributed by atoms with Crippen molar-refractivity contribution in [3.05, 3.63) is 0 Å². The predicted molar refractivity (Wildman–Crippen MR) is 57.4 cm³/mol. The van der Waals surface area contributed by atoms with Gasteiger partial charge < -0.3 is 4.74 Å². The molecule has 0 N–H and O–H groups in total. The summed E-state index contributed by atoms with van der Waals surface area (Å²) in [5.41, 5.74) is 0. The summed E-state index contributed by atoms with van der Waals surface area (Å²) < 4.78 is 31.4. The zero-order chi connectivity index (χ0) is 12.3. The van der Waals surface area contributed by atoms with E-state index in [9.17, 15) is 13.2 Å². The number of carbonyl (C=O) groups excluding carboxylic acids is 1. The minimum absolute atomic E-state index is 0.291. The van der Waals surface area contributed by atoms with Crippen LogP contribution in [0.2, 0.25) is 0 Å². The lowest BCUT2D eigenvalue weighted by Gasteiger charge is -2.34. The second-order valence-corrected chi connectivity index (χ2v) is 5.58. The number of rotatable bonds is 3. The van der Waals surface area contributed by atoms with Crippen molar-refractivity contribution in [3.8, 4) is 0 Å². The first-order valence-corrected chi connectivity index (χ1v) is 6.81. The molecular weight excluding hydrogens is 234 g/mol. The lowest BCUT2D eigenvalue weighted by atomic mass is 10.0. The van der Waals surface area contributed by atoms with Crippen LogP contribution in [0.1, 0.15) is 12.8 Å². The van der Waals surface area contributed by atoms with Crippen molar-refractivity contribution in [1.82, 2.24) is 4.90 Å². The third-order valence-corrected chi connectivity index (χ3v) is 3.19. The fourth-order valence-electron chi connectivity index (χ4n) is 1.86. The number of hydrogen-bond donors (Lipinski definition) is 0. The molecule has 0 radical (unpaired) electrons. The summed E-state index contributed by atoms with van der Waals surface area (Å²) in [7, 11) is -0.341. The van der Waals surface area contributed by atoms with Gasteiger partial charge in [0.05, 0.1) is 19.5 Å². The highest BCUT2D eigenvalue weighted by Gasteiger charge is 2.33. The van der Waals surface area contributed by atoms with Crippen molar-refractivity contribution in [3.63, 3.8) is 0 Å². The maximum Gasteiger partial charge on any atom is 0.323 e. The van der Waals surface area contributed by atoms with Crippen molar-refractivity contribution < 1.29 is 22.1 Å². The Kier molecular flexibility index (Phi) is 4.28. The van der Waals surface area contributed by atoms with Crippen LogP contribution in [0, 0.1) is 0 Å². The zero-order valence-electron chi connectivity index (χ0n) is 9.67. The number of esters is 1. The van der Waals surface area contributed by atoms with Crippen LogP contribution < -0.4 is 0 Å². The topological polar surface area (TPSA) is 72.9 Å². The van der Waals surface area contributed by atoms with Gasteiger partial charge in [-0.25, -0.2) is 0 Å². The van der Waals surface area contributed by atoms with E-state index < -0.39 is 10.1 Å². The number of likely N-dealkylation sites (tertiary alicyclic amines) is 1. The van der Waals surface area contributed by atoms with Crippen molar-refractivity contribution in [2.75, 3.05) is 27.0 Å². The van der Waals surface area contributed by atoms with Crippen LogP contribution in [0.4, 0.5) is 0 Å². The summed E-state index contributed by atoms with van der Waals surface area (Å²) in [6, 6.07) is -0.301. The van der Waals surface area contributed by atoms with Crippen molar-refractivity contribution >= 4 is 16.1 Å². The molecule has 0 saturated carbocycles. The Bertz CT molecular complexity index is 353. The average molecular weight is 251 g/mol. The highest BCUT2D eigenvalue weighted by Crippen LogP contribution is 2.19. The number of carbonyl (C=O) groups is 1. The summed E-state index contributed by atoms with van der Waals surface area (Å²) in [6.07, 6.45) is 1.74. The van der Waals surface area contributed by atoms with Crippen LogP contribution in [0.5, 0.6) is 0 Å². The minimum Gasteiger partial charge on any atom is -0.468 e. The van der Waals surface area contributed by atoms with E-state index in [-0.39, 0.29) is 18.1 Å². The third kappa shape index (κ3) is 3.73. The molecule has 0 aromatic carbocycles. The minimum atomic E-state index is -3.43. The van der Waals surface area contributed by atoms with E-state index in [0.717, 1.165) is 6.26 Å². The van der Waals surface area contributed by atoms with Gasteiger partial charge in [-0.1, -0.05) is 0 Å². The van der Waals surface area contributed by atoms with Gasteiger partial charge in [-0.15, -0.1) is 0 Å². The van der Waals surface area contributed by atoms with Crippen molar-refractivity contribution in [2.24, 2.45) is 0 Å². The van der Waals surface area contributed by atoms with Crippen molar-refractivity contribution in [1.29, 1.82) is 0 Å². The van der Waals surface area contributed by atoms with E-state index >= 15 is 0 Å². The second-order valence-electron chi connectivity index (χ2n) is 3.98. The first-order chi connectivity index (χ1) is 7.33. The Morgan fingerprint density at radius 2 is 2.00 bits per heavy atom. The lowest BCUT2D eigenvalue weighted by molar-refractivity contribution is -0.148. The molecule has 0 aromatic rings. The molecule has 0 spiro atoms. The van der Waals surface area contributed by atoms with E-state index in [1.807, 2.05) is 0 Å². The number of methoxy groups -OCH3 is 1. The molecule has 1 heterocycles. The van der Waals surface area contributed by atoms with E-state index in [0.29, 0.717) is 19.4 Å². The summed E-state index contributed by atoms with van der Waals surface area (Å²) in [4.78, 5) is 13.1. The molecule has 16 heavy (non-hydrogen) atoms. The molecule has 1 aliphatic heterocycles. The molecular formula is C9H17NO5S. The van der Waals surface area contributed by atoms with Gasteiger partial charge in [0.2, 0.25) is 0 Å². The van der Waals surface area contributed by atoms with Gasteiger partial charge in [0.25, 0.3) is 10.1 Å². The maximum atomic E-state index is 11.3. The molecule has 94 valence electrons. The molecule has 2 unspecified atom stereocenters. The van der Waals surface area contributed by atoms with Crippen LogP contribution in [-0.4, -0.2) is 58.4 Å². The fourth-order valence-corrected chi connectivity index (χ4v) is 2.51. The van der Waals surface area contributed by atoms with Crippen LogP contribution in [-0.2, 0) is 23.8 Å². The lowest BCUT2D eigenvalue weighted by Crippen LogP contribution is -2.48. The Morgan fingerprint density at radius 1 is 1.38 bits per heavy atom. The quantitative estimate of drug-likeness (QED) is 0.502. The summed E-state index contributed by atoms with van der Waals surface area (Å²) in [5, 5.41) is 0. The van der Waals surface area contributed by atoms with E-state index in [2.05, 4.69) is 4.74 Å². The molecule has 0 amide bonds. The predicted octanol–water partition coefficient (Wildman–Crippen LogP) is -0.402. The Balaban J connectivity index is 2.55. The van der Waals surface area contributed by atoms with E-state index in [1.54, 1.807) is 11.9 Å². The molecule has 0 bridgehead atoms. The smallest absolute Gasteiger partial charge is 0.323 e. The first-order valence-electron chi connectivity index (χ1n) is 5.00. The molecule has 0 aromatic heterocycles. The summed E-state index contributed by atoms with van der Waals surface area (Å²) in [5.74, 6) is -0.291. The second kappa shape index (κ2) is 5.11. The Labute approximate surface area is 95.6 Å². The van der Waals surface area contributed by atoms with Crippen LogP contribution in [0.15, 0.2) is 0 Å². The average Bonchev–Trinajstić information content (AvgIpc) is 2.14.